The highest BCUT2D eigenvalue weighted by Gasteiger charge is 2.51. The first kappa shape index (κ1) is 35.4. The fourth-order valence-corrected chi connectivity index (χ4v) is 9.35. The van der Waals surface area contributed by atoms with E-state index in [-0.39, 0.29) is 29.5 Å². The Balaban J connectivity index is 1.24. The number of aryl methyl sites for hydroxylation is 2. The van der Waals surface area contributed by atoms with Gasteiger partial charge in [-0.05, 0) is 125 Å². The van der Waals surface area contributed by atoms with E-state index < -0.39 is 24.0 Å². The minimum atomic E-state index is -0.969. The minimum absolute atomic E-state index is 0.138. The third-order valence-corrected chi connectivity index (χ3v) is 11.1. The van der Waals surface area contributed by atoms with Crippen LogP contribution in [0.25, 0.3) is 0 Å². The molecule has 14 nitrogen and oxygen atoms in total. The van der Waals surface area contributed by atoms with Crippen LogP contribution in [0, 0.1) is 42.4 Å². The fourth-order valence-electron chi connectivity index (χ4n) is 9.35. The number of aromatic hydroxyl groups is 1. The Morgan fingerprint density at radius 1 is 1.08 bits per heavy atom. The highest BCUT2D eigenvalue weighted by Crippen LogP contribution is 2.60. The fraction of sp³-hybridized carbons (Fsp3) is 0.611. The summed E-state index contributed by atoms with van der Waals surface area (Å²) in [5.41, 5.74) is 8.87. The molecule has 0 saturated heterocycles. The average molecular weight is 689 g/mol. The number of hydrogen-bond acceptors (Lipinski definition) is 9. The molecule has 50 heavy (non-hydrogen) atoms. The Hall–Kier alpha value is -4.46. The molecule has 3 unspecified atom stereocenters. The van der Waals surface area contributed by atoms with Gasteiger partial charge in [0, 0.05) is 32.0 Å². The molecule has 0 spiro atoms. The van der Waals surface area contributed by atoms with Gasteiger partial charge in [-0.1, -0.05) is 5.16 Å². The Bertz CT molecular complexity index is 1610. The molecule has 3 aromatic rings. The zero-order chi connectivity index (χ0) is 35.6. The number of rotatable bonds is 15. The molecular formula is C36H52N10O4. The molecule has 2 amide bonds. The average Bonchev–Trinajstić information content (AvgIpc) is 3.71. The number of likely N-dealkylation sites (N-methyl/N-ethyl adjacent to an activating group) is 1. The summed E-state index contributed by atoms with van der Waals surface area (Å²) in [4.78, 5) is 42.1. The third kappa shape index (κ3) is 8.28. The molecule has 7 rings (SSSR count). The molecule has 4 aliphatic rings. The molecule has 2 heterocycles. The van der Waals surface area contributed by atoms with Gasteiger partial charge in [-0.3, -0.25) is 19.9 Å². The number of nitrogens with two attached hydrogens (primary N) is 1. The predicted molar refractivity (Wildman–Crippen MR) is 187 cm³/mol. The van der Waals surface area contributed by atoms with E-state index in [1.807, 2.05) is 13.8 Å². The number of aromatic nitrogens is 4. The van der Waals surface area contributed by atoms with Crippen molar-refractivity contribution in [3.05, 3.63) is 58.8 Å². The van der Waals surface area contributed by atoms with Crippen LogP contribution in [0.15, 0.2) is 29.2 Å². The Labute approximate surface area is 293 Å². The van der Waals surface area contributed by atoms with Crippen molar-refractivity contribution in [3.8, 4) is 5.75 Å². The molecule has 3 atom stereocenters. The number of H-pyrrole nitrogens is 1. The van der Waals surface area contributed by atoms with Crippen molar-refractivity contribution in [2.24, 2.45) is 28.9 Å². The van der Waals surface area contributed by atoms with Crippen molar-refractivity contribution >= 4 is 17.8 Å². The smallest absolute Gasteiger partial charge is 0.249 e. The summed E-state index contributed by atoms with van der Waals surface area (Å²) in [5.74, 6) is 2.63. The molecular weight excluding hydrogens is 636 g/mol. The van der Waals surface area contributed by atoms with Gasteiger partial charge in [-0.2, -0.15) is 4.98 Å². The zero-order valence-corrected chi connectivity index (χ0v) is 29.6. The number of benzene rings is 1. The van der Waals surface area contributed by atoms with Crippen molar-refractivity contribution in [3.63, 3.8) is 0 Å². The second-order valence-corrected chi connectivity index (χ2v) is 15.4. The van der Waals surface area contributed by atoms with Gasteiger partial charge < -0.3 is 36.3 Å². The van der Waals surface area contributed by atoms with Gasteiger partial charge in [0.05, 0.1) is 18.1 Å². The van der Waals surface area contributed by atoms with E-state index in [4.69, 9.17) is 20.7 Å². The summed E-state index contributed by atoms with van der Waals surface area (Å²) < 4.78 is 5.88. The highest BCUT2D eigenvalue weighted by molar-refractivity contribution is 5.90. The van der Waals surface area contributed by atoms with Gasteiger partial charge in [-0.15, -0.1) is 0 Å². The maximum absolute atomic E-state index is 14.3. The van der Waals surface area contributed by atoms with Gasteiger partial charge in [0.1, 0.15) is 17.8 Å². The van der Waals surface area contributed by atoms with E-state index in [1.54, 1.807) is 43.7 Å². The second-order valence-electron chi connectivity index (χ2n) is 15.4. The second kappa shape index (κ2) is 14.8. The molecule has 14 heteroatoms. The van der Waals surface area contributed by atoms with Crippen molar-refractivity contribution in [2.45, 2.75) is 96.2 Å². The normalized spacial score (nSPS) is 24.1. The summed E-state index contributed by atoms with van der Waals surface area (Å²) in [6.07, 6.45) is 12.8. The number of hydrogen-bond donors (Lipinski definition) is 7. The summed E-state index contributed by atoms with van der Waals surface area (Å²) in [6.45, 7) is 4.06. The van der Waals surface area contributed by atoms with Crippen LogP contribution in [-0.2, 0) is 28.9 Å². The predicted octanol–water partition coefficient (Wildman–Crippen LogP) is 2.80. The molecule has 0 radical (unpaired) electrons. The highest BCUT2D eigenvalue weighted by atomic mass is 16.5. The Morgan fingerprint density at radius 3 is 2.32 bits per heavy atom. The van der Waals surface area contributed by atoms with Crippen LogP contribution < -0.4 is 21.7 Å². The number of imidazole rings is 1. The first-order valence-electron chi connectivity index (χ1n) is 17.8. The number of nitrogens with one attached hydrogen (secondary N) is 5. The first-order chi connectivity index (χ1) is 23.9. The lowest BCUT2D eigenvalue weighted by atomic mass is 9.49. The zero-order valence-electron chi connectivity index (χ0n) is 29.6. The molecule has 4 fully saturated rings. The van der Waals surface area contributed by atoms with Crippen LogP contribution in [0.3, 0.4) is 0 Å². The molecule has 8 N–H and O–H groups in total. The van der Waals surface area contributed by atoms with Crippen molar-refractivity contribution < 1.29 is 19.2 Å². The number of nitrogens with zero attached hydrogens (tertiary/aromatic N) is 4. The Kier molecular flexibility index (Phi) is 10.5. The third-order valence-electron chi connectivity index (χ3n) is 11.1. The molecule has 0 aliphatic heterocycles. The van der Waals surface area contributed by atoms with Gasteiger partial charge in [0.2, 0.25) is 17.7 Å². The van der Waals surface area contributed by atoms with E-state index in [9.17, 15) is 14.7 Å². The Morgan fingerprint density at radius 2 is 1.74 bits per heavy atom. The van der Waals surface area contributed by atoms with E-state index in [2.05, 4.69) is 31.1 Å². The summed E-state index contributed by atoms with van der Waals surface area (Å²) in [5, 5.41) is 31.0. The van der Waals surface area contributed by atoms with Crippen molar-refractivity contribution in [1.29, 1.82) is 5.41 Å². The van der Waals surface area contributed by atoms with Crippen LogP contribution in [0.5, 0.6) is 5.75 Å². The van der Waals surface area contributed by atoms with E-state index in [1.165, 1.54) is 38.5 Å². The number of guanidine groups is 1. The van der Waals surface area contributed by atoms with Crippen LogP contribution in [-0.4, -0.2) is 80.6 Å². The maximum Gasteiger partial charge on any atom is 0.249 e. The van der Waals surface area contributed by atoms with Gasteiger partial charge in [0.25, 0.3) is 0 Å². The molecule has 1 aromatic carbocycles. The maximum atomic E-state index is 14.3. The summed E-state index contributed by atoms with van der Waals surface area (Å²) in [6, 6.07) is 1.05. The SMILES string of the molecule is Cc1cc(O)cc(C)c1CC(NC(=O)C(CCNC(=N)N)N(C)C)C(=O)NC(Cc1c[nH]cn1)c1nc(CC23CC4CC(CC(C4)C2)C3)no1. The summed E-state index contributed by atoms with van der Waals surface area (Å²) in [7, 11) is 3.58. The van der Waals surface area contributed by atoms with Crippen LogP contribution >= 0.6 is 0 Å². The number of amides is 2. The lowest BCUT2D eigenvalue weighted by molar-refractivity contribution is -0.132. The first-order valence-corrected chi connectivity index (χ1v) is 17.8. The van der Waals surface area contributed by atoms with Gasteiger partial charge in [0.15, 0.2) is 11.8 Å². The van der Waals surface area contributed by atoms with Gasteiger partial charge >= 0.3 is 0 Å². The standard InChI is InChI=1S/C36H52N10O4/c1-20-7-26(47)8-21(2)27(20)13-28(42-33(49)30(46(3)4)5-6-40-35(37)38)32(48)43-29(12-25-18-39-19-41-25)34-44-31(45-50-34)17-36-14-22-9-23(15-36)11-24(10-22)16-36/h7-8,18-19,22-24,28-30,47H,5-6,9-17H2,1-4H3,(H,39,41)(H,42,49)(H,43,48)(H4,37,38,40). The number of carbonyl (C=O) groups excluding carboxylic acids is 2. The van der Waals surface area contributed by atoms with Crippen molar-refractivity contribution in [1.82, 2.24) is 41.0 Å². The van der Waals surface area contributed by atoms with E-state index in [0.717, 1.165) is 40.9 Å². The molecule has 4 aliphatic carbocycles. The number of phenolic OH excluding ortho intramolecular Hbond substituents is 1. The quantitative estimate of drug-likeness (QED) is 0.0917. The summed E-state index contributed by atoms with van der Waals surface area (Å²) >= 11 is 0. The van der Waals surface area contributed by atoms with E-state index >= 15 is 0 Å². The topological polar surface area (TPSA) is 211 Å². The minimum Gasteiger partial charge on any atom is -0.508 e. The molecule has 4 bridgehead atoms. The molecule has 4 saturated carbocycles. The van der Waals surface area contributed by atoms with Gasteiger partial charge in [-0.25, -0.2) is 4.98 Å². The molecule has 2 aromatic heterocycles. The number of aromatic amines is 1. The van der Waals surface area contributed by atoms with E-state index in [0.29, 0.717) is 36.8 Å². The lowest BCUT2D eigenvalue weighted by Crippen LogP contribution is -2.54. The largest absolute Gasteiger partial charge is 0.508 e. The molecule has 270 valence electrons. The number of carbonyl (C=O) groups is 2. The number of phenols is 1. The monoisotopic (exact) mass is 688 g/mol. The van der Waals surface area contributed by atoms with Crippen molar-refractivity contribution in [2.75, 3.05) is 20.6 Å². The van der Waals surface area contributed by atoms with Crippen LogP contribution in [0.2, 0.25) is 0 Å². The van der Waals surface area contributed by atoms with Crippen LogP contribution in [0.4, 0.5) is 0 Å². The van der Waals surface area contributed by atoms with Crippen LogP contribution in [0.1, 0.15) is 85.1 Å². The lowest BCUT2D eigenvalue weighted by Gasteiger charge is -2.56.